The third kappa shape index (κ3) is 4.58. The summed E-state index contributed by atoms with van der Waals surface area (Å²) in [6.45, 7) is 1.88. The highest BCUT2D eigenvalue weighted by atomic mass is 16.5. The van der Waals surface area contributed by atoms with Gasteiger partial charge in [0.25, 0.3) is 0 Å². The van der Waals surface area contributed by atoms with E-state index >= 15 is 0 Å². The number of carbonyl (C=O) groups excluding carboxylic acids is 3. The molecule has 5 heteroatoms. The lowest BCUT2D eigenvalue weighted by Gasteiger charge is -2.15. The van der Waals surface area contributed by atoms with Gasteiger partial charge in [0.05, 0.1) is 0 Å². The van der Waals surface area contributed by atoms with Crippen molar-refractivity contribution in [2.75, 3.05) is 0 Å². The standard InChI is InChI=1S/C22H18O5/c1-15-13-19(24)21(22(25)27-15)18(23)12-11-17-9-5-6-10-20(17)26-14-16-7-3-2-4-8-16/h2-13,21H,14H2,1H3/b12-11+/t21-/m0/s1. The van der Waals surface area contributed by atoms with E-state index in [-0.39, 0.29) is 5.76 Å². The van der Waals surface area contributed by atoms with Crippen molar-refractivity contribution < 1.29 is 23.9 Å². The maximum atomic E-state index is 12.3. The van der Waals surface area contributed by atoms with Crippen LogP contribution in [0.5, 0.6) is 5.75 Å². The smallest absolute Gasteiger partial charge is 0.329 e. The molecule has 0 radical (unpaired) electrons. The Morgan fingerprint density at radius 3 is 2.52 bits per heavy atom. The largest absolute Gasteiger partial charge is 0.488 e. The predicted octanol–water partition coefficient (Wildman–Crippen LogP) is 3.49. The van der Waals surface area contributed by atoms with Crippen molar-refractivity contribution >= 4 is 23.6 Å². The van der Waals surface area contributed by atoms with E-state index in [0.29, 0.717) is 17.9 Å². The van der Waals surface area contributed by atoms with Gasteiger partial charge in [0.15, 0.2) is 17.5 Å². The summed E-state index contributed by atoms with van der Waals surface area (Å²) in [5, 5.41) is 0. The molecule has 0 fully saturated rings. The lowest BCUT2D eigenvalue weighted by Crippen LogP contribution is -2.34. The van der Waals surface area contributed by atoms with E-state index in [1.165, 1.54) is 19.1 Å². The maximum absolute atomic E-state index is 12.3. The summed E-state index contributed by atoms with van der Waals surface area (Å²) in [5.41, 5.74) is 1.69. The average molecular weight is 362 g/mol. The molecule has 0 spiro atoms. The van der Waals surface area contributed by atoms with Gasteiger partial charge in [0, 0.05) is 11.6 Å². The quantitative estimate of drug-likeness (QED) is 0.447. The summed E-state index contributed by atoms with van der Waals surface area (Å²) in [6, 6.07) is 16.9. The van der Waals surface area contributed by atoms with Crippen LogP contribution < -0.4 is 4.74 Å². The van der Waals surface area contributed by atoms with E-state index in [0.717, 1.165) is 11.6 Å². The molecule has 1 aliphatic heterocycles. The molecule has 2 aromatic carbocycles. The Labute approximate surface area is 156 Å². The van der Waals surface area contributed by atoms with Gasteiger partial charge in [-0.3, -0.25) is 14.4 Å². The third-order valence-electron chi connectivity index (χ3n) is 4.00. The number of allylic oxidation sites excluding steroid dienone is 3. The van der Waals surface area contributed by atoms with Crippen LogP contribution in [0, 0.1) is 5.92 Å². The summed E-state index contributed by atoms with van der Waals surface area (Å²) < 4.78 is 10.7. The van der Waals surface area contributed by atoms with Crippen molar-refractivity contribution in [1.29, 1.82) is 0 Å². The first-order chi connectivity index (χ1) is 13.0. The zero-order valence-electron chi connectivity index (χ0n) is 14.8. The molecule has 3 rings (SSSR count). The minimum absolute atomic E-state index is 0.192. The Morgan fingerprint density at radius 1 is 1.07 bits per heavy atom. The lowest BCUT2D eigenvalue weighted by atomic mass is 9.96. The van der Waals surface area contributed by atoms with E-state index < -0.39 is 23.5 Å². The summed E-state index contributed by atoms with van der Waals surface area (Å²) in [6.07, 6.45) is 3.91. The molecule has 1 aliphatic rings. The van der Waals surface area contributed by atoms with Gasteiger partial charge >= 0.3 is 5.97 Å². The van der Waals surface area contributed by atoms with Crippen LogP contribution in [-0.2, 0) is 25.7 Å². The highest BCUT2D eigenvalue weighted by Gasteiger charge is 2.36. The number of ether oxygens (including phenoxy) is 2. The molecule has 0 unspecified atom stereocenters. The number of hydrogen-bond acceptors (Lipinski definition) is 5. The number of cyclic esters (lactones) is 1. The molecule has 136 valence electrons. The van der Waals surface area contributed by atoms with Crippen LogP contribution in [0.3, 0.4) is 0 Å². The SMILES string of the molecule is CC1=CC(=O)[C@H](C(=O)/C=C/c2ccccc2OCc2ccccc2)C(=O)O1. The molecule has 0 saturated heterocycles. The molecular weight excluding hydrogens is 344 g/mol. The van der Waals surface area contributed by atoms with E-state index in [1.54, 1.807) is 12.1 Å². The number of esters is 1. The minimum Gasteiger partial charge on any atom is -0.488 e. The topological polar surface area (TPSA) is 69.7 Å². The molecule has 5 nitrogen and oxygen atoms in total. The highest BCUT2D eigenvalue weighted by Crippen LogP contribution is 2.22. The van der Waals surface area contributed by atoms with Gasteiger partial charge in [0.2, 0.25) is 0 Å². The summed E-state index contributed by atoms with van der Waals surface area (Å²) in [4.78, 5) is 36.1. The fourth-order valence-corrected chi connectivity index (χ4v) is 2.66. The fraction of sp³-hybridized carbons (Fsp3) is 0.136. The molecule has 1 heterocycles. The molecular formula is C22H18O5. The first-order valence-corrected chi connectivity index (χ1v) is 8.46. The van der Waals surface area contributed by atoms with Gasteiger partial charge in [-0.1, -0.05) is 48.5 Å². The highest BCUT2D eigenvalue weighted by molar-refractivity contribution is 6.25. The van der Waals surface area contributed by atoms with Crippen LogP contribution in [0.1, 0.15) is 18.1 Å². The Morgan fingerprint density at radius 2 is 1.78 bits per heavy atom. The molecule has 0 aliphatic carbocycles. The number of ketones is 2. The van der Waals surface area contributed by atoms with Gasteiger partial charge in [-0.25, -0.2) is 0 Å². The molecule has 27 heavy (non-hydrogen) atoms. The van der Waals surface area contributed by atoms with Gasteiger partial charge in [-0.15, -0.1) is 0 Å². The van der Waals surface area contributed by atoms with Gasteiger partial charge in [-0.05, 0) is 30.7 Å². The van der Waals surface area contributed by atoms with Crippen molar-refractivity contribution in [2.45, 2.75) is 13.5 Å². The van der Waals surface area contributed by atoms with Gasteiger partial charge in [0.1, 0.15) is 18.1 Å². The average Bonchev–Trinajstić information content (AvgIpc) is 2.65. The van der Waals surface area contributed by atoms with Gasteiger partial charge < -0.3 is 9.47 Å². The second-order valence-electron chi connectivity index (χ2n) is 6.06. The Bertz CT molecular complexity index is 925. The lowest BCUT2D eigenvalue weighted by molar-refractivity contribution is -0.151. The summed E-state index contributed by atoms with van der Waals surface area (Å²) >= 11 is 0. The van der Waals surface area contributed by atoms with Crippen LogP contribution in [0.2, 0.25) is 0 Å². The first-order valence-electron chi connectivity index (χ1n) is 8.46. The number of para-hydroxylation sites is 1. The molecule has 0 N–H and O–H groups in total. The first kappa shape index (κ1) is 18.3. The normalized spacial score (nSPS) is 16.8. The zero-order valence-corrected chi connectivity index (χ0v) is 14.8. The van der Waals surface area contributed by atoms with Crippen LogP contribution in [0.15, 0.2) is 72.5 Å². The van der Waals surface area contributed by atoms with Crippen LogP contribution in [0.25, 0.3) is 6.08 Å². The fourth-order valence-electron chi connectivity index (χ4n) is 2.66. The van der Waals surface area contributed by atoms with Crippen molar-refractivity contribution in [3.05, 3.63) is 83.6 Å². The van der Waals surface area contributed by atoms with Crippen molar-refractivity contribution in [1.82, 2.24) is 0 Å². The minimum atomic E-state index is -1.44. The summed E-state index contributed by atoms with van der Waals surface area (Å²) in [7, 11) is 0. The maximum Gasteiger partial charge on any atom is 0.329 e. The molecule has 0 aromatic heterocycles. The van der Waals surface area contributed by atoms with Crippen molar-refractivity contribution in [3.63, 3.8) is 0 Å². The van der Waals surface area contributed by atoms with E-state index in [2.05, 4.69) is 0 Å². The van der Waals surface area contributed by atoms with E-state index in [4.69, 9.17) is 9.47 Å². The van der Waals surface area contributed by atoms with Crippen LogP contribution in [-0.4, -0.2) is 17.5 Å². The van der Waals surface area contributed by atoms with Crippen molar-refractivity contribution in [3.8, 4) is 5.75 Å². The predicted molar refractivity (Wildman–Crippen MR) is 99.6 cm³/mol. The zero-order chi connectivity index (χ0) is 19.2. The Balaban J connectivity index is 1.73. The van der Waals surface area contributed by atoms with E-state index in [9.17, 15) is 14.4 Å². The third-order valence-corrected chi connectivity index (χ3v) is 4.00. The monoisotopic (exact) mass is 362 g/mol. The number of hydrogen-bond donors (Lipinski definition) is 0. The molecule has 0 saturated carbocycles. The molecule has 1 atom stereocenters. The van der Waals surface area contributed by atoms with Crippen LogP contribution in [0.4, 0.5) is 0 Å². The van der Waals surface area contributed by atoms with Crippen molar-refractivity contribution in [2.24, 2.45) is 5.92 Å². The second kappa shape index (κ2) is 8.27. The molecule has 2 aromatic rings. The van der Waals surface area contributed by atoms with E-state index in [1.807, 2.05) is 42.5 Å². The Kier molecular flexibility index (Phi) is 5.61. The number of carbonyl (C=O) groups is 3. The number of benzene rings is 2. The second-order valence-corrected chi connectivity index (χ2v) is 6.06. The Hall–Kier alpha value is -3.47. The number of rotatable bonds is 6. The van der Waals surface area contributed by atoms with Gasteiger partial charge in [-0.2, -0.15) is 0 Å². The molecule has 0 amide bonds. The summed E-state index contributed by atoms with van der Waals surface area (Å²) in [5.74, 6) is -2.68. The molecule has 0 bridgehead atoms. The van der Waals surface area contributed by atoms with Crippen LogP contribution >= 0.6 is 0 Å².